The Hall–Kier alpha value is -1.79. The zero-order chi connectivity index (χ0) is 23.7. The molecule has 1 aromatic carbocycles. The van der Waals surface area contributed by atoms with Crippen molar-refractivity contribution in [1.29, 1.82) is 0 Å². The number of nitrogens with one attached hydrogen (secondary N) is 2. The van der Waals surface area contributed by atoms with Gasteiger partial charge in [0.1, 0.15) is 6.04 Å². The third-order valence-corrected chi connectivity index (χ3v) is 7.58. The second-order valence-corrected chi connectivity index (χ2v) is 11.2. The van der Waals surface area contributed by atoms with Crippen LogP contribution in [-0.2, 0) is 10.4 Å². The van der Waals surface area contributed by atoms with Gasteiger partial charge in [0.2, 0.25) is 5.91 Å². The Morgan fingerprint density at radius 3 is 2.38 bits per heavy atom. The predicted molar refractivity (Wildman–Crippen MR) is 127 cm³/mol. The van der Waals surface area contributed by atoms with E-state index in [1.54, 1.807) is 17.0 Å². The first-order valence-corrected chi connectivity index (χ1v) is 12.1. The van der Waals surface area contributed by atoms with Crippen molar-refractivity contribution >= 4 is 23.5 Å². The number of rotatable bonds is 5. The summed E-state index contributed by atoms with van der Waals surface area (Å²) in [5.41, 5.74) is -0.827. The van der Waals surface area contributed by atoms with Crippen LogP contribution < -0.4 is 10.6 Å². The summed E-state index contributed by atoms with van der Waals surface area (Å²) >= 11 is 6.02. The highest BCUT2D eigenvalue weighted by molar-refractivity contribution is 6.30. The lowest BCUT2D eigenvalue weighted by atomic mass is 9.66. The standard InChI is InChI=1S/C25H38ClN3O3/c1-16(2)21(28-23(31)27-20-11-6-17(3)14-20)22(30)29-13-12-25(32,24(4,5)15-29)18-7-9-19(26)10-8-18/h7-10,16-17,20-21,32H,6,11-15H2,1-5H3,(H2,27,28,31)/t17-,20-,21+,25-/m0/s1. The van der Waals surface area contributed by atoms with Crippen LogP contribution in [0, 0.1) is 17.3 Å². The number of halogens is 1. The van der Waals surface area contributed by atoms with E-state index in [2.05, 4.69) is 17.6 Å². The number of likely N-dealkylation sites (tertiary alicyclic amines) is 1. The van der Waals surface area contributed by atoms with E-state index in [-0.39, 0.29) is 23.9 Å². The highest BCUT2D eigenvalue weighted by Crippen LogP contribution is 2.46. The normalized spacial score (nSPS) is 28.4. The number of hydrogen-bond acceptors (Lipinski definition) is 3. The third-order valence-electron chi connectivity index (χ3n) is 7.33. The van der Waals surface area contributed by atoms with Gasteiger partial charge in [-0.25, -0.2) is 4.79 Å². The number of hydrogen-bond donors (Lipinski definition) is 3. The van der Waals surface area contributed by atoms with Crippen LogP contribution in [0.3, 0.4) is 0 Å². The fourth-order valence-corrected chi connectivity index (χ4v) is 5.31. The molecule has 3 rings (SSSR count). The van der Waals surface area contributed by atoms with Crippen LogP contribution in [0.4, 0.5) is 4.79 Å². The van der Waals surface area contributed by atoms with Crippen LogP contribution in [0.25, 0.3) is 0 Å². The molecule has 178 valence electrons. The maximum atomic E-state index is 13.4. The lowest BCUT2D eigenvalue weighted by Crippen LogP contribution is -2.61. The van der Waals surface area contributed by atoms with E-state index in [9.17, 15) is 14.7 Å². The summed E-state index contributed by atoms with van der Waals surface area (Å²) < 4.78 is 0. The van der Waals surface area contributed by atoms with Gasteiger partial charge in [-0.1, -0.05) is 58.4 Å². The summed E-state index contributed by atoms with van der Waals surface area (Å²) in [5, 5.41) is 18.2. The number of piperidine rings is 1. The summed E-state index contributed by atoms with van der Waals surface area (Å²) in [5.74, 6) is 0.481. The molecule has 6 nitrogen and oxygen atoms in total. The zero-order valence-corrected chi connectivity index (χ0v) is 20.7. The molecule has 1 heterocycles. The largest absolute Gasteiger partial charge is 0.384 e. The molecule has 1 aliphatic heterocycles. The van der Waals surface area contributed by atoms with Gasteiger partial charge in [0.15, 0.2) is 0 Å². The average molecular weight is 464 g/mol. The average Bonchev–Trinajstić information content (AvgIpc) is 3.12. The molecule has 1 saturated carbocycles. The molecule has 32 heavy (non-hydrogen) atoms. The van der Waals surface area contributed by atoms with E-state index >= 15 is 0 Å². The van der Waals surface area contributed by atoms with Crippen LogP contribution in [0.2, 0.25) is 5.02 Å². The summed E-state index contributed by atoms with van der Waals surface area (Å²) in [6.07, 6.45) is 3.51. The quantitative estimate of drug-likeness (QED) is 0.608. The van der Waals surface area contributed by atoms with Gasteiger partial charge < -0.3 is 20.6 Å². The predicted octanol–water partition coefficient (Wildman–Crippen LogP) is 4.30. The van der Waals surface area contributed by atoms with E-state index < -0.39 is 17.1 Å². The van der Waals surface area contributed by atoms with E-state index in [1.807, 2.05) is 39.8 Å². The summed E-state index contributed by atoms with van der Waals surface area (Å²) in [6.45, 7) is 10.9. The van der Waals surface area contributed by atoms with Crippen LogP contribution in [-0.4, -0.2) is 47.1 Å². The number of nitrogens with zero attached hydrogens (tertiary/aromatic N) is 1. The molecule has 1 aromatic rings. The van der Waals surface area contributed by atoms with Crippen LogP contribution in [0.1, 0.15) is 65.9 Å². The fraction of sp³-hybridized carbons (Fsp3) is 0.680. The van der Waals surface area contributed by atoms with Crippen molar-refractivity contribution in [1.82, 2.24) is 15.5 Å². The number of aliphatic hydroxyl groups is 1. The molecule has 3 N–H and O–H groups in total. The summed E-state index contributed by atoms with van der Waals surface area (Å²) in [6, 6.07) is 6.57. The molecule has 3 amide bonds. The van der Waals surface area contributed by atoms with Crippen molar-refractivity contribution in [3.05, 3.63) is 34.9 Å². The second kappa shape index (κ2) is 9.60. The number of benzene rings is 1. The third kappa shape index (κ3) is 5.23. The van der Waals surface area contributed by atoms with Gasteiger partial charge in [-0.05, 0) is 55.2 Å². The first kappa shape index (κ1) is 24.8. The minimum Gasteiger partial charge on any atom is -0.384 e. The minimum absolute atomic E-state index is 0.0454. The molecule has 2 fully saturated rings. The van der Waals surface area contributed by atoms with Crippen LogP contribution >= 0.6 is 11.6 Å². The maximum Gasteiger partial charge on any atom is 0.315 e. The van der Waals surface area contributed by atoms with E-state index in [4.69, 9.17) is 11.6 Å². The number of carbonyl (C=O) groups is 2. The lowest BCUT2D eigenvalue weighted by Gasteiger charge is -2.51. The Bertz CT molecular complexity index is 826. The Morgan fingerprint density at radius 2 is 1.84 bits per heavy atom. The lowest BCUT2D eigenvalue weighted by molar-refractivity contribution is -0.155. The first-order chi connectivity index (χ1) is 14.9. The van der Waals surface area contributed by atoms with Gasteiger partial charge in [-0.15, -0.1) is 0 Å². The van der Waals surface area contributed by atoms with Crippen LogP contribution in [0.5, 0.6) is 0 Å². The smallest absolute Gasteiger partial charge is 0.315 e. The second-order valence-electron chi connectivity index (χ2n) is 10.7. The molecule has 0 aromatic heterocycles. The SMILES string of the molecule is CC(C)[C@@H](NC(=O)N[C@H]1CC[C@H](C)C1)C(=O)N1CC[C@](O)(c2ccc(Cl)cc2)C(C)(C)C1. The van der Waals surface area contributed by atoms with Gasteiger partial charge in [-0.2, -0.15) is 0 Å². The molecule has 1 saturated heterocycles. The summed E-state index contributed by atoms with van der Waals surface area (Å²) in [4.78, 5) is 27.8. The van der Waals surface area contributed by atoms with Gasteiger partial charge >= 0.3 is 6.03 Å². The number of urea groups is 1. The van der Waals surface area contributed by atoms with E-state index in [0.717, 1.165) is 24.8 Å². The molecule has 0 radical (unpaired) electrons. The van der Waals surface area contributed by atoms with Crippen molar-refractivity contribution in [3.63, 3.8) is 0 Å². The van der Waals surface area contributed by atoms with Crippen molar-refractivity contribution in [2.75, 3.05) is 13.1 Å². The van der Waals surface area contributed by atoms with Crippen LogP contribution in [0.15, 0.2) is 24.3 Å². The molecular weight excluding hydrogens is 426 g/mol. The Balaban J connectivity index is 1.67. The van der Waals surface area contributed by atoms with Crippen molar-refractivity contribution in [3.8, 4) is 0 Å². The molecule has 2 aliphatic rings. The van der Waals surface area contributed by atoms with Gasteiger partial charge in [-0.3, -0.25) is 4.79 Å². The summed E-state index contributed by atoms with van der Waals surface area (Å²) in [7, 11) is 0. The molecule has 7 heteroatoms. The Kier molecular flexibility index (Phi) is 7.45. The van der Waals surface area contributed by atoms with E-state index in [0.29, 0.717) is 30.5 Å². The van der Waals surface area contributed by atoms with Crippen molar-refractivity contribution in [2.24, 2.45) is 17.3 Å². The molecular formula is C25H38ClN3O3. The Labute approximate surface area is 197 Å². The fourth-order valence-electron chi connectivity index (χ4n) is 5.19. The first-order valence-electron chi connectivity index (χ1n) is 11.8. The maximum absolute atomic E-state index is 13.4. The van der Waals surface area contributed by atoms with Crippen molar-refractivity contribution in [2.45, 2.75) is 78.0 Å². The molecule has 4 atom stereocenters. The van der Waals surface area contributed by atoms with Gasteiger partial charge in [0.05, 0.1) is 5.60 Å². The Morgan fingerprint density at radius 1 is 1.19 bits per heavy atom. The minimum atomic E-state index is -1.06. The molecule has 0 unspecified atom stereocenters. The topological polar surface area (TPSA) is 81.7 Å². The number of amides is 3. The molecule has 1 aliphatic carbocycles. The molecule has 0 bridgehead atoms. The van der Waals surface area contributed by atoms with E-state index in [1.165, 1.54) is 0 Å². The highest BCUT2D eigenvalue weighted by atomic mass is 35.5. The monoisotopic (exact) mass is 463 g/mol. The zero-order valence-electron chi connectivity index (χ0n) is 20.0. The van der Waals surface area contributed by atoms with Gasteiger partial charge in [0.25, 0.3) is 0 Å². The molecule has 0 spiro atoms. The van der Waals surface area contributed by atoms with Crippen molar-refractivity contribution < 1.29 is 14.7 Å². The highest BCUT2D eigenvalue weighted by Gasteiger charge is 2.50. The van der Waals surface area contributed by atoms with Gasteiger partial charge in [0, 0.05) is 29.6 Å². The number of carbonyl (C=O) groups excluding carboxylic acids is 2.